The standard InChI is InChI=1S/C18H18FN5OS/c1-10(2)24-14(25)9-8-13(23-24)15-16(11-4-6-12(19)7-5-11)21-18(20)22-17(15)26-3/h4-10H,1-3H3,(H2,20,21,22). The highest BCUT2D eigenvalue weighted by molar-refractivity contribution is 7.98. The molecule has 2 heterocycles. The third-order valence-electron chi connectivity index (χ3n) is 3.77. The molecule has 8 heteroatoms. The molecule has 0 saturated carbocycles. The first kappa shape index (κ1) is 18.1. The Kier molecular flexibility index (Phi) is 5.03. The molecule has 2 N–H and O–H groups in total. The van der Waals surface area contributed by atoms with Crippen molar-refractivity contribution in [2.24, 2.45) is 0 Å². The van der Waals surface area contributed by atoms with Crippen LogP contribution in [0.25, 0.3) is 22.5 Å². The smallest absolute Gasteiger partial charge is 0.267 e. The zero-order valence-corrected chi connectivity index (χ0v) is 15.4. The Bertz CT molecular complexity index is 1000. The Labute approximate surface area is 154 Å². The maximum atomic E-state index is 13.3. The van der Waals surface area contributed by atoms with Crippen LogP contribution in [0.2, 0.25) is 0 Å². The Morgan fingerprint density at radius 2 is 1.81 bits per heavy atom. The van der Waals surface area contributed by atoms with Crippen LogP contribution >= 0.6 is 11.8 Å². The number of hydrogen-bond acceptors (Lipinski definition) is 6. The Balaban J connectivity index is 2.31. The van der Waals surface area contributed by atoms with Crippen LogP contribution in [0.1, 0.15) is 19.9 Å². The summed E-state index contributed by atoms with van der Waals surface area (Å²) < 4.78 is 14.7. The number of nitrogen functional groups attached to an aromatic ring is 1. The average Bonchev–Trinajstić information content (AvgIpc) is 2.62. The molecule has 3 rings (SSSR count). The molecular weight excluding hydrogens is 353 g/mol. The van der Waals surface area contributed by atoms with E-state index >= 15 is 0 Å². The number of benzene rings is 1. The van der Waals surface area contributed by atoms with E-state index in [0.29, 0.717) is 27.5 Å². The Morgan fingerprint density at radius 3 is 2.42 bits per heavy atom. The molecule has 0 fully saturated rings. The molecule has 3 aromatic rings. The molecule has 0 aliphatic rings. The minimum atomic E-state index is -0.339. The summed E-state index contributed by atoms with van der Waals surface area (Å²) in [7, 11) is 0. The third-order valence-corrected chi connectivity index (χ3v) is 4.46. The Morgan fingerprint density at radius 1 is 1.12 bits per heavy atom. The molecule has 26 heavy (non-hydrogen) atoms. The lowest BCUT2D eigenvalue weighted by Gasteiger charge is -2.15. The van der Waals surface area contributed by atoms with E-state index in [2.05, 4.69) is 15.1 Å². The van der Waals surface area contributed by atoms with E-state index in [4.69, 9.17) is 5.73 Å². The predicted molar refractivity (Wildman–Crippen MR) is 101 cm³/mol. The van der Waals surface area contributed by atoms with Crippen molar-refractivity contribution in [3.05, 3.63) is 52.6 Å². The van der Waals surface area contributed by atoms with Crippen LogP contribution in [-0.2, 0) is 0 Å². The highest BCUT2D eigenvalue weighted by atomic mass is 32.2. The molecule has 0 unspecified atom stereocenters. The highest BCUT2D eigenvalue weighted by Crippen LogP contribution is 2.36. The van der Waals surface area contributed by atoms with Gasteiger partial charge in [-0.25, -0.2) is 19.0 Å². The number of thioether (sulfide) groups is 1. The summed E-state index contributed by atoms with van der Waals surface area (Å²) in [6.45, 7) is 3.77. The average molecular weight is 371 g/mol. The van der Waals surface area contributed by atoms with Crippen molar-refractivity contribution in [1.29, 1.82) is 0 Å². The summed E-state index contributed by atoms with van der Waals surface area (Å²) in [5.41, 5.74) is 8.13. The van der Waals surface area contributed by atoms with Crippen molar-refractivity contribution in [3.63, 3.8) is 0 Å². The lowest BCUT2D eigenvalue weighted by Crippen LogP contribution is -2.24. The van der Waals surface area contributed by atoms with E-state index in [1.807, 2.05) is 20.1 Å². The first-order valence-electron chi connectivity index (χ1n) is 7.98. The molecule has 134 valence electrons. The number of rotatable bonds is 4. The van der Waals surface area contributed by atoms with Crippen LogP contribution in [-0.4, -0.2) is 26.0 Å². The third kappa shape index (κ3) is 3.45. The lowest BCUT2D eigenvalue weighted by molar-refractivity contribution is 0.504. The summed E-state index contributed by atoms with van der Waals surface area (Å²) in [4.78, 5) is 20.7. The predicted octanol–water partition coefficient (Wildman–Crippen LogP) is 3.39. The lowest BCUT2D eigenvalue weighted by atomic mass is 10.0. The fraction of sp³-hybridized carbons (Fsp3) is 0.222. The monoisotopic (exact) mass is 371 g/mol. The van der Waals surface area contributed by atoms with Crippen molar-refractivity contribution in [2.45, 2.75) is 24.9 Å². The number of anilines is 1. The van der Waals surface area contributed by atoms with Gasteiger partial charge in [-0.3, -0.25) is 4.79 Å². The molecule has 0 radical (unpaired) electrons. The summed E-state index contributed by atoms with van der Waals surface area (Å²) >= 11 is 1.40. The maximum absolute atomic E-state index is 13.3. The van der Waals surface area contributed by atoms with Crippen molar-refractivity contribution in [3.8, 4) is 22.5 Å². The zero-order chi connectivity index (χ0) is 18.8. The van der Waals surface area contributed by atoms with E-state index in [0.717, 1.165) is 0 Å². The molecule has 0 amide bonds. The molecule has 0 spiro atoms. The largest absolute Gasteiger partial charge is 0.368 e. The second-order valence-corrected chi connectivity index (χ2v) is 6.71. The molecule has 0 atom stereocenters. The summed E-state index contributed by atoms with van der Waals surface area (Å²) in [6.07, 6.45) is 1.87. The zero-order valence-electron chi connectivity index (χ0n) is 14.6. The molecule has 0 bridgehead atoms. The first-order chi connectivity index (χ1) is 12.4. The van der Waals surface area contributed by atoms with Crippen molar-refractivity contribution in [1.82, 2.24) is 19.7 Å². The highest BCUT2D eigenvalue weighted by Gasteiger charge is 2.19. The molecule has 2 aromatic heterocycles. The van der Waals surface area contributed by atoms with E-state index in [1.54, 1.807) is 18.2 Å². The summed E-state index contributed by atoms with van der Waals surface area (Å²) in [5.74, 6) is -0.219. The minimum absolute atomic E-state index is 0.0934. The number of nitrogens with two attached hydrogens (primary N) is 1. The molecule has 6 nitrogen and oxygen atoms in total. The van der Waals surface area contributed by atoms with E-state index in [9.17, 15) is 9.18 Å². The second-order valence-electron chi connectivity index (χ2n) is 5.92. The number of hydrogen-bond donors (Lipinski definition) is 1. The van der Waals surface area contributed by atoms with Crippen molar-refractivity contribution >= 4 is 17.7 Å². The van der Waals surface area contributed by atoms with Gasteiger partial charge in [0.1, 0.15) is 10.8 Å². The van der Waals surface area contributed by atoms with E-state index < -0.39 is 0 Å². The normalized spacial score (nSPS) is 11.1. The van der Waals surface area contributed by atoms with Gasteiger partial charge in [-0.05, 0) is 50.4 Å². The number of nitrogens with zero attached hydrogens (tertiary/aromatic N) is 4. The first-order valence-corrected chi connectivity index (χ1v) is 9.21. The molecule has 0 aliphatic carbocycles. The fourth-order valence-corrected chi connectivity index (χ4v) is 3.17. The molecule has 1 aromatic carbocycles. The van der Waals surface area contributed by atoms with Gasteiger partial charge >= 0.3 is 0 Å². The summed E-state index contributed by atoms with van der Waals surface area (Å²) in [6, 6.07) is 8.99. The van der Waals surface area contributed by atoms with E-state index in [-0.39, 0.29) is 23.4 Å². The van der Waals surface area contributed by atoms with Crippen LogP contribution in [0, 0.1) is 5.82 Å². The van der Waals surface area contributed by atoms with Crippen LogP contribution < -0.4 is 11.3 Å². The Hall–Kier alpha value is -2.74. The number of halogens is 1. The second kappa shape index (κ2) is 7.25. The minimum Gasteiger partial charge on any atom is -0.368 e. The van der Waals surface area contributed by atoms with Gasteiger partial charge in [0.05, 0.1) is 23.0 Å². The maximum Gasteiger partial charge on any atom is 0.267 e. The fourth-order valence-electron chi connectivity index (χ4n) is 2.58. The molecular formula is C18H18FN5OS. The number of aromatic nitrogens is 4. The van der Waals surface area contributed by atoms with Crippen molar-refractivity contribution < 1.29 is 4.39 Å². The van der Waals surface area contributed by atoms with Crippen molar-refractivity contribution in [2.75, 3.05) is 12.0 Å². The van der Waals surface area contributed by atoms with Gasteiger partial charge in [-0.1, -0.05) is 0 Å². The SMILES string of the molecule is CSc1nc(N)nc(-c2ccc(F)cc2)c1-c1ccc(=O)n(C(C)C)n1. The topological polar surface area (TPSA) is 86.7 Å². The van der Waals surface area contributed by atoms with Gasteiger partial charge in [-0.2, -0.15) is 5.10 Å². The van der Waals surface area contributed by atoms with E-state index in [1.165, 1.54) is 34.6 Å². The van der Waals surface area contributed by atoms with Gasteiger partial charge in [0.15, 0.2) is 0 Å². The molecule has 0 saturated heterocycles. The van der Waals surface area contributed by atoms with Crippen LogP contribution in [0.4, 0.5) is 10.3 Å². The van der Waals surface area contributed by atoms with Gasteiger partial charge in [0.25, 0.3) is 5.56 Å². The quantitative estimate of drug-likeness (QED) is 0.559. The van der Waals surface area contributed by atoms with Crippen LogP contribution in [0.15, 0.2) is 46.2 Å². The van der Waals surface area contributed by atoms with Crippen LogP contribution in [0.3, 0.4) is 0 Å². The van der Waals surface area contributed by atoms with Gasteiger partial charge in [0.2, 0.25) is 5.95 Å². The van der Waals surface area contributed by atoms with Gasteiger partial charge in [-0.15, -0.1) is 11.8 Å². The van der Waals surface area contributed by atoms with Gasteiger partial charge in [0, 0.05) is 11.6 Å². The van der Waals surface area contributed by atoms with Crippen LogP contribution in [0.5, 0.6) is 0 Å². The van der Waals surface area contributed by atoms with Gasteiger partial charge < -0.3 is 5.73 Å². The summed E-state index contributed by atoms with van der Waals surface area (Å²) in [5, 5.41) is 5.12. The molecule has 0 aliphatic heterocycles.